The minimum Gasteiger partial charge on any atom is -0.481 e. The van der Waals surface area contributed by atoms with Crippen molar-refractivity contribution in [1.82, 2.24) is 4.98 Å². The molecule has 1 aromatic heterocycles. The highest BCUT2D eigenvalue weighted by Gasteiger charge is 2.24. The topological polar surface area (TPSA) is 22.1 Å². The molecule has 0 fully saturated rings. The van der Waals surface area contributed by atoms with E-state index >= 15 is 0 Å². The maximum absolute atomic E-state index is 5.14. The molecule has 0 aliphatic carbocycles. The van der Waals surface area contributed by atoms with Crippen LogP contribution in [-0.2, 0) is 0 Å². The van der Waals surface area contributed by atoms with Gasteiger partial charge < -0.3 is 4.74 Å². The molecule has 1 aromatic rings. The summed E-state index contributed by atoms with van der Waals surface area (Å²) in [5.41, 5.74) is 1.71. The Bertz CT molecular complexity index is 352. The molecule has 1 atom stereocenters. The molecule has 0 spiro atoms. The van der Waals surface area contributed by atoms with Gasteiger partial charge in [-0.05, 0) is 23.5 Å². The quantitative estimate of drug-likeness (QED) is 0.704. The largest absolute Gasteiger partial charge is 0.481 e. The molecular weight excluding hydrogens is 209 g/mol. The van der Waals surface area contributed by atoms with E-state index in [1.165, 1.54) is 18.2 Å². The van der Waals surface area contributed by atoms with Crippen LogP contribution < -0.4 is 10.2 Å². The lowest BCUT2D eigenvalue weighted by Crippen LogP contribution is -2.27. The third-order valence-corrected chi connectivity index (χ3v) is 4.01. The van der Waals surface area contributed by atoms with Gasteiger partial charge in [0.15, 0.2) is 7.28 Å². The summed E-state index contributed by atoms with van der Waals surface area (Å²) in [7, 11) is 2.76. The first-order valence-electron chi connectivity index (χ1n) is 6.48. The summed E-state index contributed by atoms with van der Waals surface area (Å²) in [6, 6.07) is 4.11. The van der Waals surface area contributed by atoms with E-state index < -0.39 is 0 Å². The average molecular weight is 233 g/mol. The molecule has 3 heteroatoms. The number of aromatic nitrogens is 1. The summed E-state index contributed by atoms with van der Waals surface area (Å²) in [6.45, 7) is 9.33. The van der Waals surface area contributed by atoms with Crippen LogP contribution in [0.15, 0.2) is 18.3 Å². The highest BCUT2D eigenvalue weighted by molar-refractivity contribution is 6.53. The first-order chi connectivity index (χ1) is 7.99. The van der Waals surface area contributed by atoms with Gasteiger partial charge in [-0.15, -0.1) is 0 Å². The Morgan fingerprint density at radius 2 is 2.18 bits per heavy atom. The number of methoxy groups -OCH3 is 1. The van der Waals surface area contributed by atoms with Crippen LogP contribution in [0.5, 0.6) is 5.88 Å². The summed E-state index contributed by atoms with van der Waals surface area (Å²) >= 11 is 0. The zero-order valence-corrected chi connectivity index (χ0v) is 11.8. The normalized spacial score (nSPS) is 13.2. The van der Waals surface area contributed by atoms with E-state index in [0.29, 0.717) is 11.3 Å². The van der Waals surface area contributed by atoms with Gasteiger partial charge in [-0.25, -0.2) is 4.98 Å². The van der Waals surface area contributed by atoms with Crippen LogP contribution in [0.1, 0.15) is 34.1 Å². The fraction of sp³-hybridized carbons (Fsp3) is 0.643. The Morgan fingerprint density at radius 3 is 2.76 bits per heavy atom. The minimum absolute atomic E-state index is 0.394. The summed E-state index contributed by atoms with van der Waals surface area (Å²) < 4.78 is 5.14. The number of nitrogens with zero attached hydrogens (tertiary/aromatic N) is 1. The second-order valence-electron chi connectivity index (χ2n) is 5.50. The molecule has 2 nitrogen and oxygen atoms in total. The third-order valence-electron chi connectivity index (χ3n) is 4.01. The Hall–Kier alpha value is -0.985. The van der Waals surface area contributed by atoms with Crippen molar-refractivity contribution in [2.24, 2.45) is 11.3 Å². The lowest BCUT2D eigenvalue weighted by Gasteiger charge is -2.31. The van der Waals surface area contributed by atoms with Gasteiger partial charge in [0, 0.05) is 6.20 Å². The molecular formula is C14H24BNO. The Morgan fingerprint density at radius 1 is 1.47 bits per heavy atom. The van der Waals surface area contributed by atoms with Crippen molar-refractivity contribution < 1.29 is 4.74 Å². The monoisotopic (exact) mass is 233 g/mol. The fourth-order valence-electron chi connectivity index (χ4n) is 1.98. The number of ether oxygens (including phenoxy) is 1. The predicted octanol–water partition coefficient (Wildman–Crippen LogP) is 2.64. The first kappa shape index (κ1) is 14.1. The standard InChI is InChI=1S/C14H24BNO/c1-6-11(2)14(3,4)10-15-12-7-8-16-13(9-12)17-5/h7-9,11,15H,6,10H2,1-5H3. The lowest BCUT2D eigenvalue weighted by molar-refractivity contribution is 0.254. The van der Waals surface area contributed by atoms with Gasteiger partial charge in [0.2, 0.25) is 5.88 Å². The van der Waals surface area contributed by atoms with Gasteiger partial charge >= 0.3 is 0 Å². The summed E-state index contributed by atoms with van der Waals surface area (Å²) in [5.74, 6) is 1.47. The molecule has 94 valence electrons. The van der Waals surface area contributed by atoms with Gasteiger partial charge in [0.25, 0.3) is 0 Å². The van der Waals surface area contributed by atoms with Crippen LogP contribution in [0.25, 0.3) is 0 Å². The van der Waals surface area contributed by atoms with Gasteiger partial charge in [-0.1, -0.05) is 45.9 Å². The van der Waals surface area contributed by atoms with Gasteiger partial charge in [0.05, 0.1) is 7.11 Å². The highest BCUT2D eigenvalue weighted by Crippen LogP contribution is 2.32. The predicted molar refractivity (Wildman–Crippen MR) is 75.6 cm³/mol. The van der Waals surface area contributed by atoms with Crippen molar-refractivity contribution in [2.75, 3.05) is 7.11 Å². The number of hydrogen-bond acceptors (Lipinski definition) is 2. The number of pyridine rings is 1. The van der Waals surface area contributed by atoms with Crippen LogP contribution >= 0.6 is 0 Å². The second kappa shape index (κ2) is 6.09. The molecule has 1 heterocycles. The molecule has 0 saturated carbocycles. The van der Waals surface area contributed by atoms with E-state index in [0.717, 1.165) is 13.2 Å². The van der Waals surface area contributed by atoms with Crippen molar-refractivity contribution in [1.29, 1.82) is 0 Å². The molecule has 1 unspecified atom stereocenters. The maximum atomic E-state index is 5.14. The van der Waals surface area contributed by atoms with E-state index in [2.05, 4.69) is 38.7 Å². The van der Waals surface area contributed by atoms with E-state index in [4.69, 9.17) is 4.74 Å². The van der Waals surface area contributed by atoms with Gasteiger partial charge in [-0.2, -0.15) is 0 Å². The zero-order chi connectivity index (χ0) is 12.9. The molecule has 17 heavy (non-hydrogen) atoms. The van der Waals surface area contributed by atoms with Crippen LogP contribution in [0.2, 0.25) is 6.32 Å². The zero-order valence-electron chi connectivity index (χ0n) is 11.8. The smallest absolute Gasteiger partial charge is 0.212 e. The van der Waals surface area contributed by atoms with E-state index in [1.807, 2.05) is 12.3 Å². The van der Waals surface area contributed by atoms with Crippen molar-refractivity contribution in [2.45, 2.75) is 40.4 Å². The fourth-order valence-corrected chi connectivity index (χ4v) is 1.98. The summed E-state index contributed by atoms with van der Waals surface area (Å²) in [6.07, 6.45) is 4.27. The van der Waals surface area contributed by atoms with E-state index in [1.54, 1.807) is 7.11 Å². The highest BCUT2D eigenvalue weighted by atomic mass is 16.5. The van der Waals surface area contributed by atoms with Crippen molar-refractivity contribution >= 4 is 12.7 Å². The molecule has 0 aliphatic rings. The lowest BCUT2D eigenvalue weighted by atomic mass is 9.56. The summed E-state index contributed by atoms with van der Waals surface area (Å²) in [5, 5.41) is 0. The van der Waals surface area contributed by atoms with Crippen molar-refractivity contribution in [3.63, 3.8) is 0 Å². The van der Waals surface area contributed by atoms with Crippen LogP contribution in [0, 0.1) is 11.3 Å². The molecule has 0 aromatic carbocycles. The van der Waals surface area contributed by atoms with Crippen molar-refractivity contribution in [3.8, 4) is 5.88 Å². The van der Waals surface area contributed by atoms with E-state index in [-0.39, 0.29) is 0 Å². The number of hydrogen-bond donors (Lipinski definition) is 0. The molecule has 0 bridgehead atoms. The van der Waals surface area contributed by atoms with Crippen LogP contribution in [0.3, 0.4) is 0 Å². The Labute approximate surface area is 106 Å². The summed E-state index contributed by atoms with van der Waals surface area (Å²) in [4.78, 5) is 4.13. The van der Waals surface area contributed by atoms with Crippen LogP contribution in [0.4, 0.5) is 0 Å². The molecule has 0 aliphatic heterocycles. The second-order valence-corrected chi connectivity index (χ2v) is 5.50. The average Bonchev–Trinajstić information content (AvgIpc) is 2.35. The molecule has 0 saturated heterocycles. The molecule has 0 amide bonds. The number of rotatable bonds is 6. The molecule has 0 N–H and O–H groups in total. The minimum atomic E-state index is 0.394. The Balaban J connectivity index is 2.60. The van der Waals surface area contributed by atoms with E-state index in [9.17, 15) is 0 Å². The first-order valence-corrected chi connectivity index (χ1v) is 6.48. The molecule has 1 rings (SSSR count). The third kappa shape index (κ3) is 4.06. The Kier molecular flexibility index (Phi) is 5.04. The van der Waals surface area contributed by atoms with Gasteiger partial charge in [0.1, 0.15) is 0 Å². The van der Waals surface area contributed by atoms with Crippen molar-refractivity contribution in [3.05, 3.63) is 18.3 Å². The maximum Gasteiger partial charge on any atom is 0.212 e. The molecule has 0 radical (unpaired) electrons. The SMILES string of the molecule is CCC(C)C(C)(C)CBc1ccnc(OC)c1. The van der Waals surface area contributed by atoms with Gasteiger partial charge in [-0.3, -0.25) is 0 Å². The van der Waals surface area contributed by atoms with Crippen LogP contribution in [-0.4, -0.2) is 19.4 Å².